The third-order valence-corrected chi connectivity index (χ3v) is 5.88. The first-order valence-electron chi connectivity index (χ1n) is 9.98. The normalized spacial score (nSPS) is 11.5. The van der Waals surface area contributed by atoms with Crippen molar-refractivity contribution >= 4 is 34.4 Å². The van der Waals surface area contributed by atoms with E-state index in [4.69, 9.17) is 23.2 Å². The smallest absolute Gasteiger partial charge is 0.320 e. The summed E-state index contributed by atoms with van der Waals surface area (Å²) in [6.45, 7) is 6.56. The van der Waals surface area contributed by atoms with Crippen molar-refractivity contribution < 1.29 is 0 Å². The van der Waals surface area contributed by atoms with Gasteiger partial charge >= 0.3 is 5.69 Å². The predicted octanol–water partition coefficient (Wildman–Crippen LogP) is 4.67. The molecular formula is C23H22Cl2N4O2. The van der Waals surface area contributed by atoms with E-state index in [1.54, 1.807) is 23.0 Å². The highest BCUT2D eigenvalue weighted by atomic mass is 35.5. The molecule has 0 amide bonds. The van der Waals surface area contributed by atoms with E-state index in [1.807, 2.05) is 51.1 Å². The van der Waals surface area contributed by atoms with Gasteiger partial charge in [-0.1, -0.05) is 61.3 Å². The lowest BCUT2D eigenvalue weighted by atomic mass is 10.2. The van der Waals surface area contributed by atoms with Crippen LogP contribution in [0.3, 0.4) is 0 Å². The molecule has 0 aliphatic heterocycles. The first-order valence-corrected chi connectivity index (χ1v) is 10.7. The molecule has 8 heteroatoms. The zero-order valence-electron chi connectivity index (χ0n) is 17.5. The fraction of sp³-hybridized carbons (Fsp3) is 0.261. The molecule has 2 heterocycles. The van der Waals surface area contributed by atoms with Crippen molar-refractivity contribution in [2.24, 2.45) is 5.92 Å². The van der Waals surface area contributed by atoms with Crippen LogP contribution in [-0.2, 0) is 13.1 Å². The second-order valence-electron chi connectivity index (χ2n) is 8.01. The third-order valence-electron chi connectivity index (χ3n) is 5.14. The van der Waals surface area contributed by atoms with E-state index in [0.717, 1.165) is 11.1 Å². The van der Waals surface area contributed by atoms with Crippen LogP contribution in [0.4, 0.5) is 0 Å². The number of hydrogen-bond donors (Lipinski definition) is 0. The van der Waals surface area contributed by atoms with Gasteiger partial charge in [0.15, 0.2) is 11.2 Å². The molecule has 2 aromatic heterocycles. The molecule has 0 fully saturated rings. The molecule has 31 heavy (non-hydrogen) atoms. The van der Waals surface area contributed by atoms with Crippen LogP contribution in [0.2, 0.25) is 10.0 Å². The van der Waals surface area contributed by atoms with Crippen molar-refractivity contribution in [3.8, 4) is 5.69 Å². The summed E-state index contributed by atoms with van der Waals surface area (Å²) in [6.07, 6.45) is 1.59. The largest absolute Gasteiger partial charge is 0.337 e. The second kappa shape index (κ2) is 8.36. The van der Waals surface area contributed by atoms with Crippen LogP contribution < -0.4 is 11.2 Å². The van der Waals surface area contributed by atoms with Crippen LogP contribution in [0.5, 0.6) is 0 Å². The van der Waals surface area contributed by atoms with Crippen LogP contribution in [0, 0.1) is 12.8 Å². The number of nitrogens with zero attached hydrogens (tertiary/aromatic N) is 4. The molecule has 0 N–H and O–H groups in total. The first-order chi connectivity index (χ1) is 14.8. The minimum atomic E-state index is -0.389. The van der Waals surface area contributed by atoms with Crippen molar-refractivity contribution in [1.29, 1.82) is 0 Å². The predicted molar refractivity (Wildman–Crippen MR) is 125 cm³/mol. The quantitative estimate of drug-likeness (QED) is 0.438. The molecule has 4 aromatic rings. The van der Waals surface area contributed by atoms with Crippen molar-refractivity contribution in [3.63, 3.8) is 0 Å². The van der Waals surface area contributed by atoms with Crippen molar-refractivity contribution in [3.05, 3.63) is 90.8 Å². The summed E-state index contributed by atoms with van der Waals surface area (Å²) in [5.41, 5.74) is 2.46. The molecule has 160 valence electrons. The Morgan fingerprint density at radius 2 is 1.77 bits per heavy atom. The number of benzene rings is 2. The highest BCUT2D eigenvalue weighted by molar-refractivity contribution is 6.42. The van der Waals surface area contributed by atoms with Gasteiger partial charge in [-0.2, -0.15) is 0 Å². The van der Waals surface area contributed by atoms with E-state index in [9.17, 15) is 9.59 Å². The van der Waals surface area contributed by atoms with Crippen LogP contribution in [-0.4, -0.2) is 18.7 Å². The zero-order valence-corrected chi connectivity index (χ0v) is 19.0. The van der Waals surface area contributed by atoms with E-state index in [1.165, 1.54) is 9.13 Å². The fourth-order valence-corrected chi connectivity index (χ4v) is 4.01. The summed E-state index contributed by atoms with van der Waals surface area (Å²) in [7, 11) is 0. The Bertz CT molecular complexity index is 1400. The van der Waals surface area contributed by atoms with Crippen LogP contribution in [0.1, 0.15) is 25.0 Å². The molecule has 0 saturated carbocycles. The number of halogens is 2. The lowest BCUT2D eigenvalue weighted by Gasteiger charge is -2.15. The van der Waals surface area contributed by atoms with Gasteiger partial charge in [-0.3, -0.25) is 9.36 Å². The molecule has 0 bridgehead atoms. The molecule has 0 radical (unpaired) electrons. The van der Waals surface area contributed by atoms with E-state index in [0.29, 0.717) is 40.0 Å². The van der Waals surface area contributed by atoms with Gasteiger partial charge in [-0.15, -0.1) is 0 Å². The van der Waals surface area contributed by atoms with Gasteiger partial charge in [-0.25, -0.2) is 14.3 Å². The van der Waals surface area contributed by atoms with Gasteiger partial charge in [0.1, 0.15) is 0 Å². The molecule has 0 atom stereocenters. The first kappa shape index (κ1) is 21.4. The van der Waals surface area contributed by atoms with E-state index < -0.39 is 0 Å². The molecule has 0 spiro atoms. The number of fused-ring (bicyclic) bond motifs is 1. The number of para-hydroxylation sites is 1. The highest BCUT2D eigenvalue weighted by Gasteiger charge is 2.20. The minimum Gasteiger partial charge on any atom is -0.320 e. The Kier molecular flexibility index (Phi) is 5.77. The van der Waals surface area contributed by atoms with Gasteiger partial charge < -0.3 is 4.57 Å². The molecule has 6 nitrogen and oxygen atoms in total. The summed E-state index contributed by atoms with van der Waals surface area (Å²) in [4.78, 5) is 31.2. The van der Waals surface area contributed by atoms with Crippen LogP contribution >= 0.6 is 23.2 Å². The average molecular weight is 457 g/mol. The van der Waals surface area contributed by atoms with Gasteiger partial charge in [0.05, 0.1) is 22.1 Å². The van der Waals surface area contributed by atoms with E-state index in [2.05, 4.69) is 4.98 Å². The summed E-state index contributed by atoms with van der Waals surface area (Å²) in [5.74, 6) is 0.125. The maximum Gasteiger partial charge on any atom is 0.337 e. The number of rotatable bonds is 5. The van der Waals surface area contributed by atoms with Gasteiger partial charge in [0.2, 0.25) is 0 Å². The molecule has 4 rings (SSSR count). The number of aryl methyl sites for hydroxylation is 1. The van der Waals surface area contributed by atoms with Gasteiger partial charge in [0, 0.05) is 13.1 Å². The summed E-state index contributed by atoms with van der Waals surface area (Å²) < 4.78 is 4.58. The lowest BCUT2D eigenvalue weighted by Crippen LogP contribution is -2.41. The summed E-state index contributed by atoms with van der Waals surface area (Å²) >= 11 is 12.2. The SMILES string of the molecule is Cc1ccccc1-n1c(=O)n(CC(C)C)c(=O)c2c1ncn2Cc1ccc(Cl)c(Cl)c1. The van der Waals surface area contributed by atoms with Crippen LogP contribution in [0.15, 0.2) is 58.4 Å². The molecule has 0 aliphatic carbocycles. The molecular weight excluding hydrogens is 435 g/mol. The van der Waals surface area contributed by atoms with Crippen molar-refractivity contribution in [2.45, 2.75) is 33.9 Å². The Labute approximate surface area is 189 Å². The zero-order chi connectivity index (χ0) is 22.3. The van der Waals surface area contributed by atoms with Crippen molar-refractivity contribution in [2.75, 3.05) is 0 Å². The molecule has 0 unspecified atom stereocenters. The third kappa shape index (κ3) is 3.93. The Balaban J connectivity index is 2.00. The molecule has 0 saturated heterocycles. The maximum atomic E-state index is 13.4. The monoisotopic (exact) mass is 456 g/mol. The lowest BCUT2D eigenvalue weighted by molar-refractivity contribution is 0.488. The molecule has 2 aromatic carbocycles. The summed E-state index contributed by atoms with van der Waals surface area (Å²) in [6, 6.07) is 12.9. The highest BCUT2D eigenvalue weighted by Crippen LogP contribution is 2.24. The van der Waals surface area contributed by atoms with Gasteiger partial charge in [0.25, 0.3) is 5.56 Å². The Morgan fingerprint density at radius 1 is 1.03 bits per heavy atom. The van der Waals surface area contributed by atoms with Crippen LogP contribution in [0.25, 0.3) is 16.9 Å². The fourth-order valence-electron chi connectivity index (χ4n) is 3.69. The van der Waals surface area contributed by atoms with Crippen molar-refractivity contribution in [1.82, 2.24) is 18.7 Å². The second-order valence-corrected chi connectivity index (χ2v) is 8.82. The standard InChI is InChI=1S/C23H22Cl2N4O2/c1-14(2)11-28-22(30)20-21(29(23(28)31)19-7-5-4-6-15(19)3)26-13-27(20)12-16-8-9-17(24)18(25)10-16/h4-10,13-14H,11-12H2,1-3H3. The maximum absolute atomic E-state index is 13.4. The van der Waals surface area contributed by atoms with E-state index in [-0.39, 0.29) is 17.2 Å². The Morgan fingerprint density at radius 3 is 2.45 bits per heavy atom. The minimum absolute atomic E-state index is 0.125. The number of aromatic nitrogens is 4. The van der Waals surface area contributed by atoms with E-state index >= 15 is 0 Å². The van der Waals surface area contributed by atoms with Gasteiger partial charge in [-0.05, 0) is 42.2 Å². The Hall–Kier alpha value is -2.83. The summed E-state index contributed by atoms with van der Waals surface area (Å²) in [5, 5.41) is 0.909. The number of imidazole rings is 1. The molecule has 0 aliphatic rings. The average Bonchev–Trinajstić information content (AvgIpc) is 3.12. The topological polar surface area (TPSA) is 61.8 Å². The number of hydrogen-bond acceptors (Lipinski definition) is 3.